The molecular weight excluding hydrogens is 346 g/mol. The van der Waals surface area contributed by atoms with E-state index in [1.807, 2.05) is 42.5 Å². The van der Waals surface area contributed by atoms with E-state index in [-0.39, 0.29) is 5.91 Å². The summed E-state index contributed by atoms with van der Waals surface area (Å²) in [5, 5.41) is 0. The number of fused-ring (bicyclic) bond motifs is 1. The summed E-state index contributed by atoms with van der Waals surface area (Å²) in [5.41, 5.74) is 1.77. The molecule has 2 aromatic carbocycles. The third-order valence-electron chi connectivity index (χ3n) is 3.64. The molecular formula is C17H16BrNO3. The first-order valence-corrected chi connectivity index (χ1v) is 7.79. The van der Waals surface area contributed by atoms with Crippen molar-refractivity contribution >= 4 is 27.5 Å². The quantitative estimate of drug-likeness (QED) is 0.816. The van der Waals surface area contributed by atoms with Crippen LogP contribution in [0.15, 0.2) is 46.9 Å². The number of para-hydroxylation sites is 1. The van der Waals surface area contributed by atoms with Crippen LogP contribution in [0.1, 0.15) is 12.5 Å². The minimum absolute atomic E-state index is 0.0728. The van der Waals surface area contributed by atoms with E-state index < -0.39 is 6.10 Å². The third kappa shape index (κ3) is 2.68. The number of ether oxygens (including phenoxy) is 2. The van der Waals surface area contributed by atoms with Gasteiger partial charge >= 0.3 is 0 Å². The molecule has 0 aromatic heterocycles. The number of carbonyl (C=O) groups is 1. The molecule has 2 aromatic rings. The molecule has 114 valence electrons. The van der Waals surface area contributed by atoms with Crippen LogP contribution in [0.2, 0.25) is 0 Å². The highest BCUT2D eigenvalue weighted by Gasteiger charge is 2.30. The van der Waals surface area contributed by atoms with Gasteiger partial charge in [-0.25, -0.2) is 0 Å². The van der Waals surface area contributed by atoms with Crippen LogP contribution >= 0.6 is 15.9 Å². The predicted octanol–water partition coefficient (Wildman–Crippen LogP) is 3.77. The smallest absolute Gasteiger partial charge is 0.268 e. The van der Waals surface area contributed by atoms with Crippen LogP contribution in [0.25, 0.3) is 0 Å². The summed E-state index contributed by atoms with van der Waals surface area (Å²) in [4.78, 5) is 14.4. The number of hydrogen-bond donors (Lipinski definition) is 0. The summed E-state index contributed by atoms with van der Waals surface area (Å²) >= 11 is 3.45. The van der Waals surface area contributed by atoms with E-state index in [1.165, 1.54) is 0 Å². The average molecular weight is 362 g/mol. The molecule has 1 amide bonds. The lowest BCUT2D eigenvalue weighted by Gasteiger charge is -2.22. The van der Waals surface area contributed by atoms with Crippen molar-refractivity contribution in [1.82, 2.24) is 0 Å². The largest absolute Gasteiger partial charge is 0.493 e. The lowest BCUT2D eigenvalue weighted by atomic mass is 10.1. The summed E-state index contributed by atoms with van der Waals surface area (Å²) in [6, 6.07) is 13.4. The van der Waals surface area contributed by atoms with Crippen LogP contribution < -0.4 is 14.4 Å². The number of rotatable bonds is 2. The highest BCUT2D eigenvalue weighted by molar-refractivity contribution is 9.10. The van der Waals surface area contributed by atoms with Crippen molar-refractivity contribution in [1.29, 1.82) is 0 Å². The number of anilines is 1. The Hall–Kier alpha value is -2.01. The maximum atomic E-state index is 12.7. The van der Waals surface area contributed by atoms with Crippen molar-refractivity contribution in [3.63, 3.8) is 0 Å². The zero-order chi connectivity index (χ0) is 15.7. The number of methoxy groups -OCH3 is 1. The van der Waals surface area contributed by atoms with E-state index in [9.17, 15) is 4.79 Å². The number of halogens is 1. The standard InChI is InChI=1S/C17H16BrNO3/c1-11-17(20)19(14-7-4-6-13(18)9-14)10-12-5-3-8-15(21-2)16(12)22-11/h3-9,11H,10H2,1-2H3. The van der Waals surface area contributed by atoms with Gasteiger partial charge in [-0.3, -0.25) is 4.79 Å². The van der Waals surface area contributed by atoms with Gasteiger partial charge in [0.15, 0.2) is 17.6 Å². The van der Waals surface area contributed by atoms with Gasteiger partial charge in [-0.05, 0) is 31.2 Å². The van der Waals surface area contributed by atoms with Gasteiger partial charge in [0.05, 0.1) is 13.7 Å². The molecule has 3 rings (SSSR count). The Kier molecular flexibility index (Phi) is 4.07. The monoisotopic (exact) mass is 361 g/mol. The van der Waals surface area contributed by atoms with Crippen LogP contribution in [0.3, 0.4) is 0 Å². The Balaban J connectivity index is 2.07. The van der Waals surface area contributed by atoms with Gasteiger partial charge in [-0.15, -0.1) is 0 Å². The molecule has 0 N–H and O–H groups in total. The second kappa shape index (κ2) is 6.01. The van der Waals surface area contributed by atoms with Gasteiger partial charge in [0.2, 0.25) is 0 Å². The highest BCUT2D eigenvalue weighted by Crippen LogP contribution is 2.36. The molecule has 1 aliphatic heterocycles. The molecule has 1 atom stereocenters. The molecule has 0 bridgehead atoms. The van der Waals surface area contributed by atoms with Crippen LogP contribution in [-0.2, 0) is 11.3 Å². The highest BCUT2D eigenvalue weighted by atomic mass is 79.9. The molecule has 0 saturated carbocycles. The minimum atomic E-state index is -0.573. The molecule has 1 heterocycles. The molecule has 0 spiro atoms. The maximum Gasteiger partial charge on any atom is 0.268 e. The van der Waals surface area contributed by atoms with Crippen molar-refractivity contribution in [2.45, 2.75) is 19.6 Å². The van der Waals surface area contributed by atoms with E-state index in [4.69, 9.17) is 9.47 Å². The summed E-state index contributed by atoms with van der Waals surface area (Å²) < 4.78 is 12.1. The number of benzene rings is 2. The number of amides is 1. The van der Waals surface area contributed by atoms with Crippen LogP contribution in [0.4, 0.5) is 5.69 Å². The molecule has 5 heteroatoms. The van der Waals surface area contributed by atoms with E-state index in [1.54, 1.807) is 18.9 Å². The summed E-state index contributed by atoms with van der Waals surface area (Å²) in [6.45, 7) is 2.21. The lowest BCUT2D eigenvalue weighted by molar-refractivity contribution is -0.124. The Bertz CT molecular complexity index is 717. The summed E-state index contributed by atoms with van der Waals surface area (Å²) in [6.07, 6.45) is -0.573. The minimum Gasteiger partial charge on any atom is -0.493 e. The fraction of sp³-hybridized carbons (Fsp3) is 0.235. The first-order valence-electron chi connectivity index (χ1n) is 6.99. The summed E-state index contributed by atoms with van der Waals surface area (Å²) in [5.74, 6) is 1.22. The summed E-state index contributed by atoms with van der Waals surface area (Å²) in [7, 11) is 1.60. The van der Waals surface area contributed by atoms with Crippen LogP contribution in [-0.4, -0.2) is 19.1 Å². The zero-order valence-corrected chi connectivity index (χ0v) is 14.0. The number of carbonyl (C=O) groups excluding carboxylic acids is 1. The van der Waals surface area contributed by atoms with Crippen molar-refractivity contribution in [2.75, 3.05) is 12.0 Å². The van der Waals surface area contributed by atoms with Crippen LogP contribution in [0, 0.1) is 0 Å². The second-order valence-corrected chi connectivity index (χ2v) is 6.03. The van der Waals surface area contributed by atoms with Gasteiger partial charge in [0.25, 0.3) is 5.91 Å². The normalized spacial score (nSPS) is 17.5. The second-order valence-electron chi connectivity index (χ2n) is 5.11. The molecule has 0 radical (unpaired) electrons. The van der Waals surface area contributed by atoms with E-state index in [0.717, 1.165) is 15.7 Å². The molecule has 1 aliphatic rings. The number of hydrogen-bond acceptors (Lipinski definition) is 3. The van der Waals surface area contributed by atoms with Gasteiger partial charge in [-0.1, -0.05) is 34.1 Å². The molecule has 0 fully saturated rings. The maximum absolute atomic E-state index is 12.7. The Morgan fingerprint density at radius 1 is 1.27 bits per heavy atom. The van der Waals surface area contributed by atoms with E-state index in [0.29, 0.717) is 18.0 Å². The number of nitrogens with zero attached hydrogens (tertiary/aromatic N) is 1. The van der Waals surface area contributed by atoms with E-state index >= 15 is 0 Å². The van der Waals surface area contributed by atoms with Gasteiger partial charge in [-0.2, -0.15) is 0 Å². The first-order chi connectivity index (χ1) is 10.6. The fourth-order valence-electron chi connectivity index (χ4n) is 2.54. The van der Waals surface area contributed by atoms with E-state index in [2.05, 4.69) is 15.9 Å². The van der Waals surface area contributed by atoms with Gasteiger partial charge < -0.3 is 14.4 Å². The fourth-order valence-corrected chi connectivity index (χ4v) is 2.92. The molecule has 22 heavy (non-hydrogen) atoms. The van der Waals surface area contributed by atoms with Crippen molar-refractivity contribution in [3.8, 4) is 11.5 Å². The van der Waals surface area contributed by atoms with Crippen molar-refractivity contribution < 1.29 is 14.3 Å². The van der Waals surface area contributed by atoms with Gasteiger partial charge in [0, 0.05) is 15.7 Å². The third-order valence-corrected chi connectivity index (χ3v) is 4.13. The molecule has 1 unspecified atom stereocenters. The molecule has 4 nitrogen and oxygen atoms in total. The SMILES string of the molecule is COc1cccc2c1OC(C)C(=O)N(c1cccc(Br)c1)C2. The first kappa shape index (κ1) is 14.9. The van der Waals surface area contributed by atoms with Gasteiger partial charge in [0.1, 0.15) is 0 Å². The Labute approximate surface area is 137 Å². The predicted molar refractivity (Wildman–Crippen MR) is 88.4 cm³/mol. The molecule has 0 saturated heterocycles. The Morgan fingerprint density at radius 2 is 2.05 bits per heavy atom. The zero-order valence-electron chi connectivity index (χ0n) is 12.4. The topological polar surface area (TPSA) is 38.8 Å². The molecule has 0 aliphatic carbocycles. The Morgan fingerprint density at radius 3 is 2.77 bits per heavy atom. The van der Waals surface area contributed by atoms with Crippen LogP contribution in [0.5, 0.6) is 11.5 Å². The lowest BCUT2D eigenvalue weighted by Crippen LogP contribution is -2.38. The van der Waals surface area contributed by atoms with Crippen molar-refractivity contribution in [3.05, 3.63) is 52.5 Å². The van der Waals surface area contributed by atoms with Crippen molar-refractivity contribution in [2.24, 2.45) is 0 Å². The average Bonchev–Trinajstić information content (AvgIpc) is 2.64.